The van der Waals surface area contributed by atoms with Crippen LogP contribution in [0.1, 0.15) is 34.6 Å². The number of thiazole rings is 1. The van der Waals surface area contributed by atoms with Crippen LogP contribution in [-0.4, -0.2) is 79.9 Å². The first kappa shape index (κ1) is 25.0. The molecule has 184 valence electrons. The van der Waals surface area contributed by atoms with E-state index in [1.807, 2.05) is 13.8 Å². The smallest absolute Gasteiger partial charge is 0.262 e. The molecule has 4 rings (SSSR count). The van der Waals surface area contributed by atoms with Crippen LogP contribution in [0.15, 0.2) is 47.4 Å². The third kappa shape index (κ3) is 4.97. The fourth-order valence-corrected chi connectivity index (χ4v) is 5.72. The molecule has 0 spiro atoms. The van der Waals surface area contributed by atoms with Crippen molar-refractivity contribution in [3.05, 3.63) is 53.6 Å². The summed E-state index contributed by atoms with van der Waals surface area (Å²) in [6.45, 7) is 6.13. The zero-order valence-electron chi connectivity index (χ0n) is 19.7. The number of nitrogens with zero attached hydrogens (tertiary/aromatic N) is 4. The van der Waals surface area contributed by atoms with E-state index in [1.54, 1.807) is 36.4 Å². The lowest BCUT2D eigenvalue weighted by Gasteiger charge is -2.26. The van der Waals surface area contributed by atoms with Gasteiger partial charge in [0.25, 0.3) is 11.8 Å². The van der Waals surface area contributed by atoms with Crippen molar-refractivity contribution < 1.29 is 22.8 Å². The van der Waals surface area contributed by atoms with Crippen molar-refractivity contribution in [2.24, 2.45) is 0 Å². The van der Waals surface area contributed by atoms with Gasteiger partial charge >= 0.3 is 0 Å². The molecule has 35 heavy (non-hydrogen) atoms. The quantitative estimate of drug-likeness (QED) is 0.404. The van der Waals surface area contributed by atoms with Crippen molar-refractivity contribution in [1.82, 2.24) is 14.8 Å². The Labute approximate surface area is 207 Å². The molecule has 2 heterocycles. The highest BCUT2D eigenvalue weighted by Gasteiger charge is 2.37. The first-order chi connectivity index (χ1) is 16.6. The number of imide groups is 1. The van der Waals surface area contributed by atoms with Crippen molar-refractivity contribution in [2.45, 2.75) is 18.7 Å². The van der Waals surface area contributed by atoms with Crippen LogP contribution in [0.25, 0.3) is 10.2 Å². The third-order valence-corrected chi connectivity index (χ3v) is 8.17. The van der Waals surface area contributed by atoms with Crippen LogP contribution >= 0.6 is 11.3 Å². The summed E-state index contributed by atoms with van der Waals surface area (Å²) in [4.78, 5) is 48.4. The van der Waals surface area contributed by atoms with Gasteiger partial charge in [0.15, 0.2) is 15.0 Å². The van der Waals surface area contributed by atoms with Gasteiger partial charge < -0.3 is 4.90 Å². The lowest BCUT2D eigenvalue weighted by Crippen LogP contribution is -2.45. The first-order valence-electron chi connectivity index (χ1n) is 11.2. The van der Waals surface area contributed by atoms with Crippen LogP contribution in [-0.2, 0) is 14.6 Å². The van der Waals surface area contributed by atoms with Gasteiger partial charge in [-0.3, -0.25) is 24.2 Å². The number of hydrogen-bond acceptors (Lipinski definition) is 8. The van der Waals surface area contributed by atoms with Crippen LogP contribution in [0.3, 0.4) is 0 Å². The number of likely N-dealkylation sites (N-methyl/N-ethyl adjacent to an activating group) is 1. The average molecular weight is 515 g/mol. The van der Waals surface area contributed by atoms with E-state index >= 15 is 0 Å². The van der Waals surface area contributed by atoms with Crippen LogP contribution in [0, 0.1) is 0 Å². The number of fused-ring (bicyclic) bond motifs is 2. The van der Waals surface area contributed by atoms with Gasteiger partial charge in [-0.25, -0.2) is 13.4 Å². The number of benzene rings is 2. The Kier molecular flexibility index (Phi) is 7.02. The molecule has 0 saturated heterocycles. The molecule has 11 heteroatoms. The van der Waals surface area contributed by atoms with E-state index in [1.165, 1.54) is 22.3 Å². The minimum absolute atomic E-state index is 0.173. The van der Waals surface area contributed by atoms with Gasteiger partial charge in [-0.2, -0.15) is 0 Å². The summed E-state index contributed by atoms with van der Waals surface area (Å²) >= 11 is 1.20. The van der Waals surface area contributed by atoms with E-state index in [9.17, 15) is 22.8 Å². The molecule has 1 aliphatic heterocycles. The fourth-order valence-electron chi connectivity index (χ4n) is 3.95. The summed E-state index contributed by atoms with van der Waals surface area (Å²) in [5.74, 6) is -1.43. The number of carbonyl (C=O) groups is 3. The Balaban J connectivity index is 1.65. The lowest BCUT2D eigenvalue weighted by molar-refractivity contribution is -0.119. The van der Waals surface area contributed by atoms with Crippen molar-refractivity contribution in [3.8, 4) is 0 Å². The molecule has 0 fully saturated rings. The van der Waals surface area contributed by atoms with Gasteiger partial charge in [0.05, 0.1) is 26.2 Å². The Morgan fingerprint density at radius 1 is 1.00 bits per heavy atom. The molecule has 1 aromatic heterocycles. The predicted molar refractivity (Wildman–Crippen MR) is 135 cm³/mol. The van der Waals surface area contributed by atoms with Gasteiger partial charge in [0, 0.05) is 19.3 Å². The second-order valence-electron chi connectivity index (χ2n) is 8.21. The van der Waals surface area contributed by atoms with Crippen LogP contribution in [0.5, 0.6) is 0 Å². The van der Waals surface area contributed by atoms with E-state index in [0.717, 1.165) is 24.2 Å². The molecule has 0 atom stereocenters. The summed E-state index contributed by atoms with van der Waals surface area (Å²) in [7, 11) is -3.39. The molecule has 0 aliphatic carbocycles. The fraction of sp³-hybridized carbons (Fsp3) is 0.333. The van der Waals surface area contributed by atoms with Gasteiger partial charge in [-0.15, -0.1) is 0 Å². The molecule has 2 aromatic carbocycles. The highest BCUT2D eigenvalue weighted by atomic mass is 32.2. The van der Waals surface area contributed by atoms with E-state index in [0.29, 0.717) is 28.4 Å². The number of amides is 3. The highest BCUT2D eigenvalue weighted by molar-refractivity contribution is 7.90. The maximum Gasteiger partial charge on any atom is 0.262 e. The molecule has 1 aliphatic rings. The summed E-state index contributed by atoms with van der Waals surface area (Å²) < 4.78 is 24.6. The molecule has 0 N–H and O–H groups in total. The third-order valence-electron chi connectivity index (χ3n) is 6.01. The number of hydrogen-bond donors (Lipinski definition) is 0. The minimum atomic E-state index is -3.39. The second-order valence-corrected chi connectivity index (χ2v) is 11.2. The highest BCUT2D eigenvalue weighted by Crippen LogP contribution is 2.31. The normalized spacial score (nSPS) is 13.7. The standard InChI is InChI=1S/C24H26N4O5S2/c1-4-26(5-2)12-13-27(24-25-19-11-10-16(35(3,32)33)14-20(19)34-24)21(29)15-28-22(30)17-8-6-7-9-18(17)23(28)31/h6-11,14H,4-5,12-13,15H2,1-3H3. The summed E-state index contributed by atoms with van der Waals surface area (Å²) in [6, 6.07) is 11.2. The number of anilines is 1. The molecule has 9 nitrogen and oxygen atoms in total. The summed E-state index contributed by atoms with van der Waals surface area (Å²) in [5, 5.41) is 0.388. The minimum Gasteiger partial charge on any atom is -0.302 e. The van der Waals surface area contributed by atoms with E-state index in [-0.39, 0.29) is 16.0 Å². The zero-order valence-corrected chi connectivity index (χ0v) is 21.4. The van der Waals surface area contributed by atoms with Crippen molar-refractivity contribution >= 4 is 54.2 Å². The average Bonchev–Trinajstić information content (AvgIpc) is 3.36. The largest absolute Gasteiger partial charge is 0.302 e. The molecular formula is C24H26N4O5S2. The Morgan fingerprint density at radius 3 is 2.20 bits per heavy atom. The lowest BCUT2D eigenvalue weighted by atomic mass is 10.1. The summed E-state index contributed by atoms with van der Waals surface area (Å²) in [5.41, 5.74) is 1.14. The van der Waals surface area contributed by atoms with Crippen LogP contribution in [0.4, 0.5) is 5.13 Å². The zero-order chi connectivity index (χ0) is 25.3. The predicted octanol–water partition coefficient (Wildman–Crippen LogP) is 2.67. The maximum absolute atomic E-state index is 13.5. The number of rotatable bonds is 9. The topological polar surface area (TPSA) is 108 Å². The van der Waals surface area contributed by atoms with E-state index in [4.69, 9.17) is 0 Å². The van der Waals surface area contributed by atoms with Gasteiger partial charge in [-0.1, -0.05) is 37.3 Å². The number of sulfone groups is 1. The monoisotopic (exact) mass is 514 g/mol. The summed E-state index contributed by atoms with van der Waals surface area (Å²) in [6.07, 6.45) is 1.14. The van der Waals surface area contributed by atoms with Crippen molar-refractivity contribution in [2.75, 3.05) is 43.9 Å². The molecule has 0 radical (unpaired) electrons. The van der Waals surface area contributed by atoms with Crippen LogP contribution < -0.4 is 4.90 Å². The van der Waals surface area contributed by atoms with Crippen molar-refractivity contribution in [3.63, 3.8) is 0 Å². The number of aromatic nitrogens is 1. The van der Waals surface area contributed by atoms with Crippen LogP contribution in [0.2, 0.25) is 0 Å². The van der Waals surface area contributed by atoms with Gasteiger partial charge in [0.1, 0.15) is 6.54 Å². The van der Waals surface area contributed by atoms with E-state index < -0.39 is 34.1 Å². The van der Waals surface area contributed by atoms with Gasteiger partial charge in [0.2, 0.25) is 5.91 Å². The van der Waals surface area contributed by atoms with E-state index in [2.05, 4.69) is 9.88 Å². The molecule has 0 unspecified atom stereocenters. The molecule has 0 bridgehead atoms. The Bertz CT molecular complexity index is 1380. The SMILES string of the molecule is CCN(CC)CCN(C(=O)CN1C(=O)c2ccccc2C1=O)c1nc2ccc(S(C)(=O)=O)cc2s1. The Morgan fingerprint density at radius 2 is 1.63 bits per heavy atom. The second kappa shape index (κ2) is 9.84. The number of carbonyl (C=O) groups excluding carboxylic acids is 3. The molecule has 0 saturated carbocycles. The Hall–Kier alpha value is -3.15. The first-order valence-corrected chi connectivity index (χ1v) is 13.9. The molecular weight excluding hydrogens is 488 g/mol. The molecule has 3 aromatic rings. The van der Waals surface area contributed by atoms with Crippen molar-refractivity contribution in [1.29, 1.82) is 0 Å². The molecule has 3 amide bonds. The maximum atomic E-state index is 13.5. The van der Waals surface area contributed by atoms with Gasteiger partial charge in [-0.05, 0) is 43.4 Å².